The second-order valence-electron chi connectivity index (χ2n) is 6.62. The van der Waals surface area contributed by atoms with E-state index in [0.29, 0.717) is 0 Å². The predicted octanol–water partition coefficient (Wildman–Crippen LogP) is 3.19. The van der Waals surface area contributed by atoms with Crippen molar-refractivity contribution in [3.05, 3.63) is 35.4 Å². The van der Waals surface area contributed by atoms with Gasteiger partial charge in [-0.05, 0) is 49.8 Å². The van der Waals surface area contributed by atoms with Gasteiger partial charge in [0, 0.05) is 18.6 Å². The highest BCUT2D eigenvalue weighted by Gasteiger charge is 2.46. The highest BCUT2D eigenvalue weighted by atomic mass is 15.2. The minimum atomic E-state index is 0.233. The Morgan fingerprint density at radius 1 is 1.32 bits per heavy atom. The molecular formula is C17H28N2. The first-order chi connectivity index (χ1) is 8.98. The zero-order valence-electron chi connectivity index (χ0n) is 12.8. The molecule has 2 N–H and O–H groups in total. The molecule has 0 unspecified atom stereocenters. The van der Waals surface area contributed by atoms with Crippen molar-refractivity contribution in [2.24, 2.45) is 17.6 Å². The maximum atomic E-state index is 6.08. The topological polar surface area (TPSA) is 29.3 Å². The predicted molar refractivity (Wildman–Crippen MR) is 82.0 cm³/mol. The minimum absolute atomic E-state index is 0.233. The van der Waals surface area contributed by atoms with E-state index in [0.717, 1.165) is 24.9 Å². The highest BCUT2D eigenvalue weighted by molar-refractivity contribution is 5.25. The summed E-state index contributed by atoms with van der Waals surface area (Å²) in [6, 6.07) is 8.66. The molecule has 2 heteroatoms. The standard InChI is InChI=1S/C17H28N2/c1-13(2)16-9-17(10-16,12-18)19(4)11-15-8-6-5-7-14(15)3/h5-8,13,16H,9-12,18H2,1-4H3. The Kier molecular flexibility index (Phi) is 4.32. The van der Waals surface area contributed by atoms with Gasteiger partial charge in [0.15, 0.2) is 0 Å². The summed E-state index contributed by atoms with van der Waals surface area (Å²) in [5.74, 6) is 1.63. The van der Waals surface area contributed by atoms with E-state index < -0.39 is 0 Å². The molecule has 106 valence electrons. The summed E-state index contributed by atoms with van der Waals surface area (Å²) in [4.78, 5) is 2.48. The summed E-state index contributed by atoms with van der Waals surface area (Å²) >= 11 is 0. The van der Waals surface area contributed by atoms with E-state index in [9.17, 15) is 0 Å². The zero-order valence-corrected chi connectivity index (χ0v) is 12.8. The van der Waals surface area contributed by atoms with Gasteiger partial charge in [-0.2, -0.15) is 0 Å². The normalized spacial score (nSPS) is 26.8. The SMILES string of the molecule is Cc1ccccc1CN(C)C1(CN)CC(C(C)C)C1. The first-order valence-corrected chi connectivity index (χ1v) is 7.44. The molecule has 1 aliphatic carbocycles. The summed E-state index contributed by atoms with van der Waals surface area (Å²) in [5, 5.41) is 0. The number of likely N-dealkylation sites (N-methyl/N-ethyl adjacent to an activating group) is 1. The first-order valence-electron chi connectivity index (χ1n) is 7.44. The van der Waals surface area contributed by atoms with Crippen molar-refractivity contribution >= 4 is 0 Å². The molecule has 0 spiro atoms. The third-order valence-electron chi connectivity index (χ3n) is 5.09. The van der Waals surface area contributed by atoms with Crippen LogP contribution in [0.25, 0.3) is 0 Å². The molecule has 1 saturated carbocycles. The summed E-state index contributed by atoms with van der Waals surface area (Å²) in [6.45, 7) is 8.63. The Morgan fingerprint density at radius 2 is 1.95 bits per heavy atom. The van der Waals surface area contributed by atoms with Gasteiger partial charge in [0.1, 0.15) is 0 Å². The van der Waals surface area contributed by atoms with Gasteiger partial charge in [0.05, 0.1) is 0 Å². The lowest BCUT2D eigenvalue weighted by atomic mass is 9.63. The van der Waals surface area contributed by atoms with E-state index in [4.69, 9.17) is 5.73 Å². The third kappa shape index (κ3) is 2.85. The van der Waals surface area contributed by atoms with Crippen LogP contribution in [0, 0.1) is 18.8 Å². The molecule has 1 aromatic rings. The average molecular weight is 260 g/mol. The largest absolute Gasteiger partial charge is 0.329 e. The molecule has 2 rings (SSSR count). The maximum Gasteiger partial charge on any atom is 0.0337 e. The molecule has 0 heterocycles. The van der Waals surface area contributed by atoms with Gasteiger partial charge >= 0.3 is 0 Å². The van der Waals surface area contributed by atoms with Crippen LogP contribution >= 0.6 is 0 Å². The third-order valence-corrected chi connectivity index (χ3v) is 5.09. The van der Waals surface area contributed by atoms with Crippen molar-refractivity contribution in [1.82, 2.24) is 4.90 Å². The second-order valence-corrected chi connectivity index (χ2v) is 6.62. The second kappa shape index (κ2) is 5.64. The highest BCUT2D eigenvalue weighted by Crippen LogP contribution is 2.45. The number of nitrogens with two attached hydrogens (primary N) is 1. The number of hydrogen-bond acceptors (Lipinski definition) is 2. The van der Waals surface area contributed by atoms with Crippen LogP contribution in [0.5, 0.6) is 0 Å². The Labute approximate surface area is 118 Å². The Bertz CT molecular complexity index is 419. The first kappa shape index (κ1) is 14.5. The molecule has 1 aliphatic rings. The Morgan fingerprint density at radius 3 is 2.47 bits per heavy atom. The van der Waals surface area contributed by atoms with Gasteiger partial charge in [0.2, 0.25) is 0 Å². The quantitative estimate of drug-likeness (QED) is 0.881. The van der Waals surface area contributed by atoms with Crippen LogP contribution in [0.4, 0.5) is 0 Å². The fourth-order valence-electron chi connectivity index (χ4n) is 3.23. The van der Waals surface area contributed by atoms with Gasteiger partial charge in [-0.3, -0.25) is 4.90 Å². The van der Waals surface area contributed by atoms with Crippen molar-refractivity contribution in [2.75, 3.05) is 13.6 Å². The summed E-state index contributed by atoms with van der Waals surface area (Å²) in [6.07, 6.45) is 2.51. The lowest BCUT2D eigenvalue weighted by Crippen LogP contribution is -2.61. The van der Waals surface area contributed by atoms with E-state index in [1.54, 1.807) is 0 Å². The van der Waals surface area contributed by atoms with Crippen LogP contribution < -0.4 is 5.73 Å². The molecule has 0 bridgehead atoms. The molecule has 1 fully saturated rings. The average Bonchev–Trinajstić information content (AvgIpc) is 2.31. The molecule has 19 heavy (non-hydrogen) atoms. The van der Waals surface area contributed by atoms with Gasteiger partial charge in [0.25, 0.3) is 0 Å². The van der Waals surface area contributed by atoms with E-state index >= 15 is 0 Å². The van der Waals surface area contributed by atoms with Crippen molar-refractivity contribution in [3.63, 3.8) is 0 Å². The fourth-order valence-corrected chi connectivity index (χ4v) is 3.23. The maximum absolute atomic E-state index is 6.08. The lowest BCUT2D eigenvalue weighted by Gasteiger charge is -2.54. The number of hydrogen-bond donors (Lipinski definition) is 1. The molecule has 0 aromatic heterocycles. The molecule has 1 aromatic carbocycles. The van der Waals surface area contributed by atoms with Crippen molar-refractivity contribution in [1.29, 1.82) is 0 Å². The molecule has 0 amide bonds. The number of nitrogens with zero attached hydrogens (tertiary/aromatic N) is 1. The lowest BCUT2D eigenvalue weighted by molar-refractivity contribution is -0.0244. The van der Waals surface area contributed by atoms with Crippen LogP contribution in [-0.2, 0) is 6.54 Å². The van der Waals surface area contributed by atoms with Crippen molar-refractivity contribution in [3.8, 4) is 0 Å². The smallest absolute Gasteiger partial charge is 0.0337 e. The summed E-state index contributed by atoms with van der Waals surface area (Å²) in [5.41, 5.74) is 9.11. The molecule has 0 radical (unpaired) electrons. The Balaban J connectivity index is 2.03. The van der Waals surface area contributed by atoms with Crippen molar-refractivity contribution < 1.29 is 0 Å². The number of rotatable bonds is 5. The molecular weight excluding hydrogens is 232 g/mol. The summed E-state index contributed by atoms with van der Waals surface area (Å²) in [7, 11) is 2.23. The number of aryl methyl sites for hydroxylation is 1. The van der Waals surface area contributed by atoms with Crippen LogP contribution in [0.15, 0.2) is 24.3 Å². The molecule has 0 saturated heterocycles. The fraction of sp³-hybridized carbons (Fsp3) is 0.647. The zero-order chi connectivity index (χ0) is 14.0. The van der Waals surface area contributed by atoms with Gasteiger partial charge in [-0.15, -0.1) is 0 Å². The monoisotopic (exact) mass is 260 g/mol. The molecule has 0 atom stereocenters. The van der Waals surface area contributed by atoms with E-state index in [1.807, 2.05) is 0 Å². The van der Waals surface area contributed by atoms with Crippen molar-refractivity contribution in [2.45, 2.75) is 45.7 Å². The van der Waals surface area contributed by atoms with Crippen LogP contribution in [0.2, 0.25) is 0 Å². The van der Waals surface area contributed by atoms with Gasteiger partial charge in [-0.25, -0.2) is 0 Å². The minimum Gasteiger partial charge on any atom is -0.329 e. The summed E-state index contributed by atoms with van der Waals surface area (Å²) < 4.78 is 0. The van der Waals surface area contributed by atoms with E-state index in [2.05, 4.69) is 57.0 Å². The number of benzene rings is 1. The van der Waals surface area contributed by atoms with Crippen LogP contribution in [0.1, 0.15) is 37.8 Å². The van der Waals surface area contributed by atoms with E-state index in [-0.39, 0.29) is 5.54 Å². The Hall–Kier alpha value is -0.860. The van der Waals surface area contributed by atoms with Crippen LogP contribution in [-0.4, -0.2) is 24.0 Å². The molecule has 2 nitrogen and oxygen atoms in total. The van der Waals surface area contributed by atoms with Crippen LogP contribution in [0.3, 0.4) is 0 Å². The molecule has 0 aliphatic heterocycles. The van der Waals surface area contributed by atoms with Gasteiger partial charge in [-0.1, -0.05) is 38.1 Å². The van der Waals surface area contributed by atoms with Gasteiger partial charge < -0.3 is 5.73 Å². The van der Waals surface area contributed by atoms with E-state index in [1.165, 1.54) is 24.0 Å².